The molecule has 0 aromatic carbocycles. The molecule has 0 bridgehead atoms. The summed E-state index contributed by atoms with van der Waals surface area (Å²) in [4.78, 5) is 12.4. The third kappa shape index (κ3) is 3.69. The van der Waals surface area contributed by atoms with E-state index in [-0.39, 0.29) is 17.9 Å². The zero-order valence-corrected chi connectivity index (χ0v) is 12.5. The average Bonchev–Trinajstić information content (AvgIpc) is 2.48. The van der Waals surface area contributed by atoms with Crippen molar-refractivity contribution in [3.63, 3.8) is 0 Å². The summed E-state index contributed by atoms with van der Waals surface area (Å²) >= 11 is 0. The Balaban J connectivity index is 2.61. The van der Waals surface area contributed by atoms with Crippen LogP contribution < -0.4 is 11.1 Å². The Bertz CT molecular complexity index is 274. The standard InChI is InChI=1S/C15H30N2O2/c1-3-15(4-2,10-16)13(19)17-11-14(12-18)8-6-5-7-9-14/h18H,3-12,16H2,1-2H3,(H,17,19). The molecule has 0 saturated heterocycles. The summed E-state index contributed by atoms with van der Waals surface area (Å²) in [6.07, 6.45) is 7.09. The number of aliphatic hydroxyl groups is 1. The van der Waals surface area contributed by atoms with Crippen molar-refractivity contribution in [2.45, 2.75) is 58.8 Å². The highest BCUT2D eigenvalue weighted by Gasteiger charge is 2.36. The summed E-state index contributed by atoms with van der Waals surface area (Å²) < 4.78 is 0. The zero-order valence-electron chi connectivity index (χ0n) is 12.5. The van der Waals surface area contributed by atoms with Gasteiger partial charge in [-0.1, -0.05) is 33.1 Å². The molecule has 0 aliphatic heterocycles. The van der Waals surface area contributed by atoms with Gasteiger partial charge in [-0.05, 0) is 25.7 Å². The number of hydrogen-bond donors (Lipinski definition) is 3. The van der Waals surface area contributed by atoms with E-state index < -0.39 is 5.41 Å². The van der Waals surface area contributed by atoms with Crippen molar-refractivity contribution in [1.82, 2.24) is 5.32 Å². The molecular formula is C15H30N2O2. The number of nitrogens with two attached hydrogens (primary N) is 1. The maximum atomic E-state index is 12.4. The van der Waals surface area contributed by atoms with Crippen LogP contribution in [0.3, 0.4) is 0 Å². The molecule has 0 heterocycles. The first-order valence-electron chi connectivity index (χ1n) is 7.67. The quantitative estimate of drug-likeness (QED) is 0.660. The number of carbonyl (C=O) groups is 1. The molecule has 1 fully saturated rings. The fourth-order valence-electron chi connectivity index (χ4n) is 3.10. The van der Waals surface area contributed by atoms with Crippen LogP contribution in [0.25, 0.3) is 0 Å². The molecule has 1 aliphatic rings. The average molecular weight is 270 g/mol. The molecule has 19 heavy (non-hydrogen) atoms. The van der Waals surface area contributed by atoms with Crippen molar-refractivity contribution in [3.05, 3.63) is 0 Å². The van der Waals surface area contributed by atoms with Gasteiger partial charge in [0.25, 0.3) is 0 Å². The normalized spacial score (nSPS) is 19.2. The van der Waals surface area contributed by atoms with Crippen molar-refractivity contribution in [2.75, 3.05) is 19.7 Å². The largest absolute Gasteiger partial charge is 0.396 e. The smallest absolute Gasteiger partial charge is 0.227 e. The van der Waals surface area contributed by atoms with Gasteiger partial charge >= 0.3 is 0 Å². The first-order chi connectivity index (χ1) is 9.08. The Kier molecular flexibility index (Phi) is 6.27. The molecule has 1 rings (SSSR count). The molecule has 0 aromatic rings. The fraction of sp³-hybridized carbons (Fsp3) is 0.933. The van der Waals surface area contributed by atoms with Gasteiger partial charge in [0.05, 0.1) is 12.0 Å². The molecule has 4 N–H and O–H groups in total. The Morgan fingerprint density at radius 3 is 2.26 bits per heavy atom. The zero-order chi connectivity index (χ0) is 14.4. The maximum absolute atomic E-state index is 12.4. The van der Waals surface area contributed by atoms with Crippen LogP contribution in [0.4, 0.5) is 0 Å². The fourth-order valence-corrected chi connectivity index (χ4v) is 3.10. The predicted octanol–water partition coefficient (Wildman–Crippen LogP) is 1.81. The summed E-state index contributed by atoms with van der Waals surface area (Å²) in [6, 6.07) is 0. The Labute approximate surface area is 117 Å². The summed E-state index contributed by atoms with van der Waals surface area (Å²) in [5, 5.41) is 12.7. The lowest BCUT2D eigenvalue weighted by Gasteiger charge is -2.37. The highest BCUT2D eigenvalue weighted by molar-refractivity contribution is 5.82. The van der Waals surface area contributed by atoms with E-state index in [1.54, 1.807) is 0 Å². The predicted molar refractivity (Wildman–Crippen MR) is 77.7 cm³/mol. The van der Waals surface area contributed by atoms with Crippen LogP contribution in [0, 0.1) is 10.8 Å². The van der Waals surface area contributed by atoms with Gasteiger partial charge in [0.15, 0.2) is 0 Å². The van der Waals surface area contributed by atoms with Gasteiger partial charge in [-0.25, -0.2) is 0 Å². The highest BCUT2D eigenvalue weighted by atomic mass is 16.3. The minimum Gasteiger partial charge on any atom is -0.396 e. The van der Waals surface area contributed by atoms with Gasteiger partial charge in [0.2, 0.25) is 5.91 Å². The lowest BCUT2D eigenvalue weighted by atomic mass is 9.74. The third-order valence-corrected chi connectivity index (χ3v) is 5.10. The summed E-state index contributed by atoms with van der Waals surface area (Å²) in [5.74, 6) is 0.0541. The van der Waals surface area contributed by atoms with Crippen molar-refractivity contribution < 1.29 is 9.90 Å². The number of carbonyl (C=O) groups excluding carboxylic acids is 1. The highest BCUT2D eigenvalue weighted by Crippen LogP contribution is 2.35. The molecule has 0 aromatic heterocycles. The van der Waals surface area contributed by atoms with Gasteiger partial charge in [-0.2, -0.15) is 0 Å². The van der Waals surface area contributed by atoms with E-state index >= 15 is 0 Å². The van der Waals surface area contributed by atoms with E-state index in [2.05, 4.69) is 5.32 Å². The minimum atomic E-state index is -0.439. The summed E-state index contributed by atoms with van der Waals surface area (Å²) in [5.41, 5.74) is 5.25. The number of nitrogens with one attached hydrogen (secondary N) is 1. The molecule has 0 unspecified atom stereocenters. The lowest BCUT2D eigenvalue weighted by Crippen LogP contribution is -2.49. The van der Waals surface area contributed by atoms with Crippen LogP contribution >= 0.6 is 0 Å². The summed E-state index contributed by atoms with van der Waals surface area (Å²) in [6.45, 7) is 5.17. The first kappa shape index (κ1) is 16.4. The summed E-state index contributed by atoms with van der Waals surface area (Å²) in [7, 11) is 0. The van der Waals surface area contributed by atoms with E-state index in [9.17, 15) is 9.90 Å². The van der Waals surface area contributed by atoms with E-state index in [1.165, 1.54) is 6.42 Å². The first-order valence-corrected chi connectivity index (χ1v) is 7.67. The molecule has 0 atom stereocenters. The Morgan fingerprint density at radius 1 is 1.26 bits per heavy atom. The minimum absolute atomic E-state index is 0.0541. The molecule has 0 radical (unpaired) electrons. The van der Waals surface area contributed by atoms with Crippen LogP contribution in [0.2, 0.25) is 0 Å². The molecule has 1 saturated carbocycles. The van der Waals surface area contributed by atoms with Crippen LogP contribution in [-0.4, -0.2) is 30.7 Å². The Hall–Kier alpha value is -0.610. The van der Waals surface area contributed by atoms with E-state index in [4.69, 9.17) is 5.73 Å². The number of hydrogen-bond acceptors (Lipinski definition) is 3. The molecule has 0 spiro atoms. The van der Waals surface area contributed by atoms with Crippen LogP contribution in [-0.2, 0) is 4.79 Å². The van der Waals surface area contributed by atoms with Crippen molar-refractivity contribution >= 4 is 5.91 Å². The maximum Gasteiger partial charge on any atom is 0.227 e. The second-order valence-corrected chi connectivity index (χ2v) is 6.09. The second kappa shape index (κ2) is 7.25. The van der Waals surface area contributed by atoms with E-state index in [0.29, 0.717) is 13.1 Å². The number of amides is 1. The molecule has 1 amide bonds. The topological polar surface area (TPSA) is 75.4 Å². The van der Waals surface area contributed by atoms with E-state index in [0.717, 1.165) is 38.5 Å². The van der Waals surface area contributed by atoms with Crippen molar-refractivity contribution in [3.8, 4) is 0 Å². The monoisotopic (exact) mass is 270 g/mol. The third-order valence-electron chi connectivity index (χ3n) is 5.10. The number of aliphatic hydroxyl groups excluding tert-OH is 1. The van der Waals surface area contributed by atoms with Crippen molar-refractivity contribution in [1.29, 1.82) is 0 Å². The lowest BCUT2D eigenvalue weighted by molar-refractivity contribution is -0.131. The molecular weight excluding hydrogens is 240 g/mol. The Morgan fingerprint density at radius 2 is 1.84 bits per heavy atom. The number of rotatable bonds is 7. The van der Waals surface area contributed by atoms with Gasteiger partial charge in [-0.3, -0.25) is 4.79 Å². The van der Waals surface area contributed by atoms with Crippen molar-refractivity contribution in [2.24, 2.45) is 16.6 Å². The second-order valence-electron chi connectivity index (χ2n) is 6.09. The van der Waals surface area contributed by atoms with Crippen LogP contribution in [0.15, 0.2) is 0 Å². The molecule has 4 nitrogen and oxygen atoms in total. The van der Waals surface area contributed by atoms with Crippen LogP contribution in [0.5, 0.6) is 0 Å². The van der Waals surface area contributed by atoms with E-state index in [1.807, 2.05) is 13.8 Å². The molecule has 1 aliphatic carbocycles. The SMILES string of the molecule is CCC(CC)(CN)C(=O)NCC1(CO)CCCCC1. The van der Waals surface area contributed by atoms with Gasteiger partial charge in [-0.15, -0.1) is 0 Å². The molecule has 4 heteroatoms. The van der Waals surface area contributed by atoms with Gasteiger partial charge in [0, 0.05) is 18.5 Å². The van der Waals surface area contributed by atoms with Gasteiger partial charge < -0.3 is 16.2 Å². The van der Waals surface area contributed by atoms with Crippen LogP contribution in [0.1, 0.15) is 58.8 Å². The molecule has 112 valence electrons. The van der Waals surface area contributed by atoms with Gasteiger partial charge in [0.1, 0.15) is 0 Å².